The van der Waals surface area contributed by atoms with E-state index in [-0.39, 0.29) is 30.3 Å². The fourth-order valence-electron chi connectivity index (χ4n) is 3.08. The van der Waals surface area contributed by atoms with Crippen molar-refractivity contribution in [2.24, 2.45) is 5.92 Å². The molecule has 2 amide bonds. The molecular formula is C15H18ClN3O2. The van der Waals surface area contributed by atoms with Crippen LogP contribution in [-0.4, -0.2) is 42.4 Å². The van der Waals surface area contributed by atoms with Gasteiger partial charge in [0, 0.05) is 23.3 Å². The van der Waals surface area contributed by atoms with E-state index in [1.165, 1.54) is 0 Å². The van der Waals surface area contributed by atoms with Crippen molar-refractivity contribution in [3.63, 3.8) is 0 Å². The van der Waals surface area contributed by atoms with E-state index >= 15 is 0 Å². The van der Waals surface area contributed by atoms with Gasteiger partial charge < -0.3 is 15.5 Å². The van der Waals surface area contributed by atoms with Crippen LogP contribution in [0, 0.1) is 5.92 Å². The standard InChI is InChI=1S/C15H18ClN3O2/c16-10-3-1-4-11(7-10)18-14(20)9-19-8-13-12(15(19)21)5-2-6-17-13/h1,3-4,7,12-13,17H,2,5-6,8-9H2,(H,18,20). The highest BCUT2D eigenvalue weighted by Gasteiger charge is 2.41. The summed E-state index contributed by atoms with van der Waals surface area (Å²) in [5.74, 6) is -0.0598. The van der Waals surface area contributed by atoms with E-state index in [4.69, 9.17) is 11.6 Å². The Morgan fingerprint density at radius 1 is 1.48 bits per heavy atom. The van der Waals surface area contributed by atoms with Crippen LogP contribution in [0.5, 0.6) is 0 Å². The largest absolute Gasteiger partial charge is 0.331 e. The number of carbonyl (C=O) groups excluding carboxylic acids is 2. The first kappa shape index (κ1) is 14.4. The summed E-state index contributed by atoms with van der Waals surface area (Å²) in [6, 6.07) is 7.18. The number of likely N-dealkylation sites (tertiary alicyclic amines) is 1. The summed E-state index contributed by atoms with van der Waals surface area (Å²) in [5.41, 5.74) is 0.648. The van der Waals surface area contributed by atoms with Gasteiger partial charge >= 0.3 is 0 Å². The van der Waals surface area contributed by atoms with Gasteiger partial charge in [-0.2, -0.15) is 0 Å². The number of piperidine rings is 1. The number of halogens is 1. The molecule has 0 bridgehead atoms. The third kappa shape index (κ3) is 3.19. The highest BCUT2D eigenvalue weighted by atomic mass is 35.5. The molecule has 0 aliphatic carbocycles. The number of fused-ring (bicyclic) bond motifs is 1. The van der Waals surface area contributed by atoms with Gasteiger partial charge in [-0.25, -0.2) is 0 Å². The van der Waals surface area contributed by atoms with Gasteiger partial charge in [-0.1, -0.05) is 17.7 Å². The maximum absolute atomic E-state index is 12.3. The Balaban J connectivity index is 1.59. The Bertz CT molecular complexity index is 564. The van der Waals surface area contributed by atoms with E-state index in [0.29, 0.717) is 17.3 Å². The number of nitrogens with zero attached hydrogens (tertiary/aromatic N) is 1. The molecule has 2 saturated heterocycles. The average molecular weight is 308 g/mol. The predicted octanol–water partition coefficient (Wildman–Crippen LogP) is 1.49. The molecule has 1 aromatic carbocycles. The molecule has 2 heterocycles. The van der Waals surface area contributed by atoms with Crippen molar-refractivity contribution in [3.8, 4) is 0 Å². The second-order valence-corrected chi connectivity index (χ2v) is 6.02. The first-order valence-electron chi connectivity index (χ1n) is 7.21. The van der Waals surface area contributed by atoms with E-state index in [9.17, 15) is 9.59 Å². The number of nitrogens with one attached hydrogen (secondary N) is 2. The third-order valence-electron chi connectivity index (χ3n) is 4.07. The molecule has 112 valence electrons. The van der Waals surface area contributed by atoms with Crippen LogP contribution in [0.1, 0.15) is 12.8 Å². The van der Waals surface area contributed by atoms with Gasteiger partial charge in [-0.15, -0.1) is 0 Å². The molecule has 3 rings (SSSR count). The average Bonchev–Trinajstić information content (AvgIpc) is 2.76. The van der Waals surface area contributed by atoms with Crippen LogP contribution < -0.4 is 10.6 Å². The lowest BCUT2D eigenvalue weighted by atomic mass is 9.94. The zero-order valence-electron chi connectivity index (χ0n) is 11.6. The molecule has 21 heavy (non-hydrogen) atoms. The number of hydrogen-bond donors (Lipinski definition) is 2. The molecule has 2 atom stereocenters. The van der Waals surface area contributed by atoms with Crippen molar-refractivity contribution in [2.45, 2.75) is 18.9 Å². The van der Waals surface area contributed by atoms with E-state index in [2.05, 4.69) is 10.6 Å². The van der Waals surface area contributed by atoms with Crippen LogP contribution in [0.4, 0.5) is 5.69 Å². The van der Waals surface area contributed by atoms with Crippen molar-refractivity contribution in [1.82, 2.24) is 10.2 Å². The summed E-state index contributed by atoms with van der Waals surface area (Å²) < 4.78 is 0. The number of rotatable bonds is 3. The molecule has 1 aromatic rings. The fraction of sp³-hybridized carbons (Fsp3) is 0.467. The molecule has 2 fully saturated rings. The van der Waals surface area contributed by atoms with E-state index in [0.717, 1.165) is 19.4 Å². The molecule has 0 radical (unpaired) electrons. The van der Waals surface area contributed by atoms with Crippen molar-refractivity contribution >= 4 is 29.1 Å². The lowest BCUT2D eigenvalue weighted by molar-refractivity contribution is -0.134. The Kier molecular flexibility index (Phi) is 4.12. The molecule has 0 spiro atoms. The zero-order valence-corrected chi connectivity index (χ0v) is 12.4. The van der Waals surface area contributed by atoms with Gasteiger partial charge in [0.05, 0.1) is 12.5 Å². The van der Waals surface area contributed by atoms with Crippen LogP contribution in [-0.2, 0) is 9.59 Å². The van der Waals surface area contributed by atoms with E-state index in [1.807, 2.05) is 0 Å². The minimum atomic E-state index is -0.190. The maximum atomic E-state index is 12.3. The minimum absolute atomic E-state index is 0.0396. The Morgan fingerprint density at radius 2 is 2.33 bits per heavy atom. The van der Waals surface area contributed by atoms with Crippen LogP contribution in [0.3, 0.4) is 0 Å². The van der Waals surface area contributed by atoms with Crippen molar-refractivity contribution < 1.29 is 9.59 Å². The maximum Gasteiger partial charge on any atom is 0.243 e. The highest BCUT2D eigenvalue weighted by Crippen LogP contribution is 2.26. The molecule has 6 heteroatoms. The van der Waals surface area contributed by atoms with Gasteiger partial charge in [0.25, 0.3) is 0 Å². The van der Waals surface area contributed by atoms with Gasteiger partial charge in [-0.3, -0.25) is 9.59 Å². The topological polar surface area (TPSA) is 61.4 Å². The molecule has 0 aromatic heterocycles. The summed E-state index contributed by atoms with van der Waals surface area (Å²) in [6.07, 6.45) is 1.94. The number of benzene rings is 1. The minimum Gasteiger partial charge on any atom is -0.331 e. The fourth-order valence-corrected chi connectivity index (χ4v) is 3.28. The third-order valence-corrected chi connectivity index (χ3v) is 4.31. The Hall–Kier alpha value is -1.59. The summed E-state index contributed by atoms with van der Waals surface area (Å²) in [6.45, 7) is 1.67. The van der Waals surface area contributed by atoms with E-state index in [1.54, 1.807) is 29.2 Å². The van der Waals surface area contributed by atoms with E-state index < -0.39 is 0 Å². The molecule has 5 nitrogen and oxygen atoms in total. The quantitative estimate of drug-likeness (QED) is 0.889. The predicted molar refractivity (Wildman–Crippen MR) is 81.2 cm³/mol. The van der Waals surface area contributed by atoms with Crippen molar-refractivity contribution in [2.75, 3.05) is 25.0 Å². The molecular weight excluding hydrogens is 290 g/mol. The summed E-state index contributed by atoms with van der Waals surface area (Å²) >= 11 is 5.88. The highest BCUT2D eigenvalue weighted by molar-refractivity contribution is 6.30. The van der Waals surface area contributed by atoms with Crippen LogP contribution in [0.2, 0.25) is 5.02 Å². The summed E-state index contributed by atoms with van der Waals surface area (Å²) in [5, 5.41) is 6.70. The second kappa shape index (κ2) is 6.03. The van der Waals surface area contributed by atoms with Crippen LogP contribution in [0.15, 0.2) is 24.3 Å². The molecule has 2 aliphatic rings. The van der Waals surface area contributed by atoms with Gasteiger partial charge in [-0.05, 0) is 37.6 Å². The molecule has 2 unspecified atom stereocenters. The first-order valence-corrected chi connectivity index (χ1v) is 7.59. The lowest BCUT2D eigenvalue weighted by Crippen LogP contribution is -2.41. The molecule has 2 aliphatic heterocycles. The van der Waals surface area contributed by atoms with Gasteiger partial charge in [0.15, 0.2) is 0 Å². The zero-order chi connectivity index (χ0) is 14.8. The number of amides is 2. The second-order valence-electron chi connectivity index (χ2n) is 5.59. The number of carbonyl (C=O) groups is 2. The van der Waals surface area contributed by atoms with Gasteiger partial charge in [0.2, 0.25) is 11.8 Å². The lowest BCUT2D eigenvalue weighted by Gasteiger charge is -2.23. The number of hydrogen-bond acceptors (Lipinski definition) is 3. The monoisotopic (exact) mass is 307 g/mol. The smallest absolute Gasteiger partial charge is 0.243 e. The molecule has 0 saturated carbocycles. The Labute approximate surface area is 128 Å². The van der Waals surface area contributed by atoms with Crippen LogP contribution >= 0.6 is 11.6 Å². The molecule has 2 N–H and O–H groups in total. The number of anilines is 1. The Morgan fingerprint density at radius 3 is 3.10 bits per heavy atom. The normalized spacial score (nSPS) is 24.8. The summed E-state index contributed by atoms with van der Waals surface area (Å²) in [7, 11) is 0. The SMILES string of the molecule is O=C(CN1CC2NCCCC2C1=O)Nc1cccc(Cl)c1. The first-order chi connectivity index (χ1) is 10.1. The van der Waals surface area contributed by atoms with Crippen molar-refractivity contribution in [1.29, 1.82) is 0 Å². The van der Waals surface area contributed by atoms with Crippen LogP contribution in [0.25, 0.3) is 0 Å². The van der Waals surface area contributed by atoms with Crippen molar-refractivity contribution in [3.05, 3.63) is 29.3 Å². The van der Waals surface area contributed by atoms with Gasteiger partial charge in [0.1, 0.15) is 0 Å². The summed E-state index contributed by atoms with van der Waals surface area (Å²) in [4.78, 5) is 26.0.